The van der Waals surface area contributed by atoms with Crippen molar-refractivity contribution in [1.29, 1.82) is 0 Å². The first kappa shape index (κ1) is 29.2. The lowest BCUT2D eigenvalue weighted by Gasteiger charge is -2.25. The minimum absolute atomic E-state index is 0.0465. The molecule has 208 valence electrons. The Hall–Kier alpha value is -3.40. The molecule has 1 saturated heterocycles. The van der Waals surface area contributed by atoms with E-state index in [1.165, 1.54) is 0 Å². The number of carbonyl (C=O) groups excluding carboxylic acids is 4. The summed E-state index contributed by atoms with van der Waals surface area (Å²) in [6.45, 7) is 6.71. The first-order chi connectivity index (χ1) is 18.1. The van der Waals surface area contributed by atoms with Gasteiger partial charge in [-0.3, -0.25) is 14.4 Å². The zero-order chi connectivity index (χ0) is 27.8. The molecule has 0 aliphatic carbocycles. The smallest absolute Gasteiger partial charge is 0.338 e. The van der Waals surface area contributed by atoms with Crippen LogP contribution in [0.3, 0.4) is 0 Å². The third-order valence-electron chi connectivity index (χ3n) is 6.55. The summed E-state index contributed by atoms with van der Waals surface area (Å²) in [4.78, 5) is 54.0. The fourth-order valence-corrected chi connectivity index (χ4v) is 4.42. The Labute approximate surface area is 224 Å². The van der Waals surface area contributed by atoms with Crippen molar-refractivity contribution in [2.24, 2.45) is 5.92 Å². The standard InChI is InChI=1S/C28H40N4O6/c1-6-7-13-31(4)27(35)21(15-18(2)3)30-26(34)23-24(38-23)28(36)37-14-12-29-25(33)20-16-19-10-8-9-11-22(19)32(5)17-20/h8-11,17-18,21,23-24H,6-7,12-16H2,1-5H3,(H,29,33)(H,30,34). The van der Waals surface area contributed by atoms with Crippen LogP contribution in [0.25, 0.3) is 0 Å². The number of epoxide rings is 1. The highest BCUT2D eigenvalue weighted by Crippen LogP contribution is 2.27. The summed E-state index contributed by atoms with van der Waals surface area (Å²) in [5.74, 6) is -1.36. The van der Waals surface area contributed by atoms with Gasteiger partial charge in [-0.25, -0.2) is 4.79 Å². The summed E-state index contributed by atoms with van der Waals surface area (Å²) >= 11 is 0. The lowest BCUT2D eigenvalue weighted by atomic mass is 9.99. The van der Waals surface area contributed by atoms with Crippen molar-refractivity contribution in [2.75, 3.05) is 38.7 Å². The van der Waals surface area contributed by atoms with Gasteiger partial charge in [0.2, 0.25) is 11.8 Å². The van der Waals surface area contributed by atoms with Crippen molar-refractivity contribution in [1.82, 2.24) is 15.5 Å². The minimum Gasteiger partial charge on any atom is -0.462 e. The van der Waals surface area contributed by atoms with Gasteiger partial charge in [0, 0.05) is 44.5 Å². The quantitative estimate of drug-likeness (QED) is 0.227. The van der Waals surface area contributed by atoms with Gasteiger partial charge in [0.25, 0.3) is 5.91 Å². The van der Waals surface area contributed by atoms with Crippen LogP contribution in [0, 0.1) is 5.92 Å². The summed E-state index contributed by atoms with van der Waals surface area (Å²) < 4.78 is 10.5. The van der Waals surface area contributed by atoms with E-state index in [0.29, 0.717) is 25.0 Å². The fourth-order valence-electron chi connectivity index (χ4n) is 4.42. The molecule has 3 atom stereocenters. The van der Waals surface area contributed by atoms with Crippen LogP contribution < -0.4 is 15.5 Å². The summed E-state index contributed by atoms with van der Waals surface area (Å²) in [5.41, 5.74) is 2.74. The lowest BCUT2D eigenvalue weighted by molar-refractivity contribution is -0.145. The fraction of sp³-hybridized carbons (Fsp3) is 0.571. The second-order valence-electron chi connectivity index (χ2n) is 10.3. The van der Waals surface area contributed by atoms with Crippen molar-refractivity contribution < 1.29 is 28.7 Å². The zero-order valence-corrected chi connectivity index (χ0v) is 23.0. The number of benzene rings is 1. The number of fused-ring (bicyclic) bond motifs is 1. The topological polar surface area (TPSA) is 121 Å². The van der Waals surface area contributed by atoms with E-state index in [-0.39, 0.29) is 30.9 Å². The molecule has 3 unspecified atom stereocenters. The predicted octanol–water partition coefficient (Wildman–Crippen LogP) is 1.78. The van der Waals surface area contributed by atoms with Gasteiger partial charge in [0.1, 0.15) is 12.6 Å². The summed E-state index contributed by atoms with van der Waals surface area (Å²) in [7, 11) is 3.62. The van der Waals surface area contributed by atoms with Crippen LogP contribution in [0.5, 0.6) is 0 Å². The van der Waals surface area contributed by atoms with E-state index in [1.54, 1.807) is 18.1 Å². The molecule has 10 heteroatoms. The van der Waals surface area contributed by atoms with E-state index < -0.39 is 30.1 Å². The molecule has 0 saturated carbocycles. The number of ether oxygens (including phenoxy) is 2. The van der Waals surface area contributed by atoms with E-state index >= 15 is 0 Å². The number of nitrogens with one attached hydrogen (secondary N) is 2. The second-order valence-corrected chi connectivity index (χ2v) is 10.3. The highest BCUT2D eigenvalue weighted by atomic mass is 16.6. The molecule has 0 spiro atoms. The Bertz CT molecular complexity index is 1060. The maximum atomic E-state index is 12.8. The van der Waals surface area contributed by atoms with Crippen molar-refractivity contribution in [3.05, 3.63) is 41.6 Å². The van der Waals surface area contributed by atoms with Crippen LogP contribution in [0.1, 0.15) is 45.6 Å². The highest BCUT2D eigenvalue weighted by molar-refractivity contribution is 5.96. The van der Waals surface area contributed by atoms with Crippen molar-refractivity contribution in [2.45, 2.75) is 64.7 Å². The minimum atomic E-state index is -1.01. The van der Waals surface area contributed by atoms with E-state index in [2.05, 4.69) is 17.6 Å². The molecule has 1 aromatic carbocycles. The van der Waals surface area contributed by atoms with Crippen molar-refractivity contribution in [3.8, 4) is 0 Å². The molecule has 2 aliphatic rings. The first-order valence-corrected chi connectivity index (χ1v) is 13.3. The Morgan fingerprint density at radius 3 is 2.63 bits per heavy atom. The molecule has 1 fully saturated rings. The van der Waals surface area contributed by atoms with Crippen LogP contribution in [-0.2, 0) is 35.1 Å². The Balaban J connectivity index is 1.40. The molecule has 10 nitrogen and oxygen atoms in total. The largest absolute Gasteiger partial charge is 0.462 e. The molecule has 2 N–H and O–H groups in total. The molecular formula is C28H40N4O6. The van der Waals surface area contributed by atoms with Gasteiger partial charge in [-0.1, -0.05) is 45.4 Å². The lowest BCUT2D eigenvalue weighted by Crippen LogP contribution is -2.49. The molecular weight excluding hydrogens is 488 g/mol. The average molecular weight is 529 g/mol. The van der Waals surface area contributed by atoms with Crippen LogP contribution in [0.2, 0.25) is 0 Å². The number of likely N-dealkylation sites (N-methyl/N-ethyl adjacent to an activating group) is 1. The Kier molecular flexibility index (Phi) is 10.3. The van der Waals surface area contributed by atoms with Gasteiger partial charge in [0.05, 0.1) is 6.54 Å². The summed E-state index contributed by atoms with van der Waals surface area (Å²) in [6, 6.07) is 7.20. The number of para-hydroxylation sites is 1. The maximum absolute atomic E-state index is 12.8. The average Bonchev–Trinajstić information content (AvgIpc) is 3.69. The number of carbonyl (C=O) groups is 4. The summed E-state index contributed by atoms with van der Waals surface area (Å²) in [6.07, 6.45) is 2.66. The number of unbranched alkanes of at least 4 members (excludes halogenated alkanes) is 1. The van der Waals surface area contributed by atoms with Crippen molar-refractivity contribution >= 4 is 29.4 Å². The molecule has 1 aromatic rings. The molecule has 0 radical (unpaired) electrons. The van der Waals surface area contributed by atoms with Gasteiger partial charge in [0.15, 0.2) is 12.2 Å². The highest BCUT2D eigenvalue weighted by Gasteiger charge is 2.52. The molecule has 0 aromatic heterocycles. The summed E-state index contributed by atoms with van der Waals surface area (Å²) in [5, 5.41) is 5.51. The number of hydrogen-bond donors (Lipinski definition) is 2. The number of esters is 1. The van der Waals surface area contributed by atoms with E-state index in [1.807, 2.05) is 50.1 Å². The van der Waals surface area contributed by atoms with Gasteiger partial charge < -0.3 is 29.9 Å². The molecule has 2 aliphatic heterocycles. The monoisotopic (exact) mass is 528 g/mol. The maximum Gasteiger partial charge on any atom is 0.338 e. The predicted molar refractivity (Wildman–Crippen MR) is 143 cm³/mol. The van der Waals surface area contributed by atoms with Gasteiger partial charge in [-0.05, 0) is 30.4 Å². The van der Waals surface area contributed by atoms with Crippen LogP contribution in [-0.4, -0.2) is 80.6 Å². The SMILES string of the molecule is CCCCN(C)C(=O)C(CC(C)C)NC(=O)C1OC1C(=O)OCCNC(=O)C1=CN(C)c2ccccc2C1. The van der Waals surface area contributed by atoms with Crippen LogP contribution in [0.4, 0.5) is 5.69 Å². The van der Waals surface area contributed by atoms with Crippen LogP contribution >= 0.6 is 0 Å². The van der Waals surface area contributed by atoms with E-state index in [4.69, 9.17) is 9.47 Å². The van der Waals surface area contributed by atoms with E-state index in [9.17, 15) is 19.2 Å². The molecule has 38 heavy (non-hydrogen) atoms. The number of anilines is 1. The molecule has 0 bridgehead atoms. The molecule has 3 amide bonds. The van der Waals surface area contributed by atoms with E-state index in [0.717, 1.165) is 24.1 Å². The normalized spacial score (nSPS) is 18.7. The number of hydrogen-bond acceptors (Lipinski definition) is 7. The first-order valence-electron chi connectivity index (χ1n) is 13.3. The van der Waals surface area contributed by atoms with Gasteiger partial charge in [-0.2, -0.15) is 0 Å². The number of rotatable bonds is 13. The third-order valence-corrected chi connectivity index (χ3v) is 6.55. The number of amides is 3. The molecule has 2 heterocycles. The third kappa shape index (κ3) is 7.80. The Morgan fingerprint density at radius 1 is 1.18 bits per heavy atom. The zero-order valence-electron chi connectivity index (χ0n) is 23.0. The van der Waals surface area contributed by atoms with Crippen LogP contribution in [0.15, 0.2) is 36.0 Å². The van der Waals surface area contributed by atoms with Gasteiger partial charge in [-0.15, -0.1) is 0 Å². The molecule has 3 rings (SSSR count). The van der Waals surface area contributed by atoms with Crippen molar-refractivity contribution in [3.63, 3.8) is 0 Å². The Morgan fingerprint density at radius 2 is 1.92 bits per heavy atom. The number of nitrogens with zero attached hydrogens (tertiary/aromatic N) is 2. The van der Waals surface area contributed by atoms with Gasteiger partial charge >= 0.3 is 5.97 Å². The second kappa shape index (κ2) is 13.4.